The molecule has 0 aromatic heterocycles. The molecule has 1 aliphatic heterocycles. The third kappa shape index (κ3) is 3.93. The van der Waals surface area contributed by atoms with Crippen LogP contribution in [0.15, 0.2) is 0 Å². The van der Waals surface area contributed by atoms with Gasteiger partial charge in [0.2, 0.25) is 0 Å². The fourth-order valence-electron chi connectivity index (χ4n) is 10.9. The molecule has 4 aliphatic carbocycles. The second-order valence-corrected chi connectivity index (χ2v) is 14.8. The quantitative estimate of drug-likeness (QED) is 0.296. The van der Waals surface area contributed by atoms with E-state index in [1.54, 1.807) is 0 Å². The molecule has 1 N–H and O–H groups in total. The van der Waals surface area contributed by atoms with Crippen molar-refractivity contribution >= 4 is 5.97 Å². The van der Waals surface area contributed by atoms with Gasteiger partial charge in [-0.15, -0.1) is 0 Å². The lowest BCUT2D eigenvalue weighted by Crippen LogP contribution is -2.70. The van der Waals surface area contributed by atoms with Crippen LogP contribution in [0, 0.1) is 52.3 Å². The fraction of sp³-hybridized carbons (Fsp3) is 0.969. The molecule has 0 radical (unpaired) electrons. The highest BCUT2D eigenvalue weighted by molar-refractivity contribution is 5.66. The Bertz CT molecular complexity index is 834. The SMILES string of the molecule is CC[C@H](CC[C@@H](C)[C@H]1CCC2C3C[C@]4(CO4)[C@@]4(O)C[C@@H](OC(C)=O)CC[C@]4(C)C3CC[C@@]21C)C(C)C. The van der Waals surface area contributed by atoms with Crippen LogP contribution in [0.4, 0.5) is 0 Å². The Morgan fingerprint density at radius 3 is 2.36 bits per heavy atom. The zero-order valence-corrected chi connectivity index (χ0v) is 24.3. The van der Waals surface area contributed by atoms with Crippen molar-refractivity contribution in [2.45, 2.75) is 136 Å². The first-order chi connectivity index (χ1) is 16.9. The molecule has 4 nitrogen and oxygen atoms in total. The number of carbonyl (C=O) groups is 1. The minimum atomic E-state index is -0.884. The number of ether oxygens (including phenoxy) is 2. The standard InChI is InChI=1S/C32H54O4/c1-8-23(20(2)3)10-9-21(4)26-11-12-27-25-18-31(19-35-31)32(34)17-24(36-22(5)33)13-16-30(32,7)28(25)14-15-29(26,27)6/h20-21,23-28,34H,8-19H2,1-7H3/t21-,23-,24+,25?,26-,27?,28?,29-,30-,31+,32-/m1/s1. The van der Waals surface area contributed by atoms with Crippen LogP contribution in [-0.2, 0) is 14.3 Å². The Balaban J connectivity index is 1.35. The third-order valence-electron chi connectivity index (χ3n) is 13.1. The Kier molecular flexibility index (Phi) is 6.93. The number of carbonyl (C=O) groups excluding carboxylic acids is 1. The molecule has 4 saturated carbocycles. The van der Waals surface area contributed by atoms with Crippen molar-refractivity contribution in [1.82, 2.24) is 0 Å². The molecule has 36 heavy (non-hydrogen) atoms. The predicted octanol–water partition coefficient (Wildman–Crippen LogP) is 7.17. The van der Waals surface area contributed by atoms with E-state index in [1.807, 2.05) is 0 Å². The van der Waals surface area contributed by atoms with Crippen LogP contribution >= 0.6 is 0 Å². The molecule has 1 saturated heterocycles. The highest BCUT2D eigenvalue weighted by Gasteiger charge is 2.77. The second-order valence-electron chi connectivity index (χ2n) is 14.8. The minimum absolute atomic E-state index is 0.153. The molecular formula is C32H54O4. The van der Waals surface area contributed by atoms with Gasteiger partial charge < -0.3 is 14.6 Å². The normalized spacial score (nSPS) is 49.2. The number of esters is 1. The second kappa shape index (κ2) is 9.25. The predicted molar refractivity (Wildman–Crippen MR) is 143 cm³/mol. The Morgan fingerprint density at radius 1 is 1.03 bits per heavy atom. The molecule has 0 amide bonds. The molecular weight excluding hydrogens is 448 g/mol. The maximum atomic E-state index is 12.4. The summed E-state index contributed by atoms with van der Waals surface area (Å²) in [5.74, 6) is 5.00. The average Bonchev–Trinajstić information content (AvgIpc) is 3.49. The summed E-state index contributed by atoms with van der Waals surface area (Å²) in [7, 11) is 0. The first-order valence-electron chi connectivity index (χ1n) is 15.4. The van der Waals surface area contributed by atoms with E-state index in [1.165, 1.54) is 51.9 Å². The lowest BCUT2D eigenvalue weighted by Gasteiger charge is -2.66. The van der Waals surface area contributed by atoms with Crippen molar-refractivity contribution in [3.05, 3.63) is 0 Å². The first kappa shape index (κ1) is 27.0. The van der Waals surface area contributed by atoms with E-state index < -0.39 is 11.2 Å². The molecule has 1 spiro atoms. The van der Waals surface area contributed by atoms with E-state index >= 15 is 0 Å². The number of rotatable bonds is 7. The van der Waals surface area contributed by atoms with Crippen molar-refractivity contribution in [3.8, 4) is 0 Å². The Labute approximate surface area is 220 Å². The summed E-state index contributed by atoms with van der Waals surface area (Å²) in [5, 5.41) is 12.4. The molecule has 1 heterocycles. The van der Waals surface area contributed by atoms with Crippen molar-refractivity contribution < 1.29 is 19.4 Å². The molecule has 3 unspecified atom stereocenters. The number of epoxide rings is 1. The molecule has 4 heteroatoms. The van der Waals surface area contributed by atoms with Crippen LogP contribution < -0.4 is 0 Å². The molecule has 0 bridgehead atoms. The lowest BCUT2D eigenvalue weighted by molar-refractivity contribution is -0.255. The monoisotopic (exact) mass is 502 g/mol. The van der Waals surface area contributed by atoms with Crippen molar-refractivity contribution in [1.29, 1.82) is 0 Å². The summed E-state index contributed by atoms with van der Waals surface area (Å²) < 4.78 is 11.9. The smallest absolute Gasteiger partial charge is 0.302 e. The van der Waals surface area contributed by atoms with Crippen molar-refractivity contribution in [2.24, 2.45) is 52.3 Å². The maximum absolute atomic E-state index is 12.4. The molecule has 0 aromatic carbocycles. The van der Waals surface area contributed by atoms with Gasteiger partial charge in [-0.1, -0.05) is 54.4 Å². The summed E-state index contributed by atoms with van der Waals surface area (Å²) >= 11 is 0. The van der Waals surface area contributed by atoms with E-state index in [2.05, 4.69) is 41.5 Å². The van der Waals surface area contributed by atoms with Crippen molar-refractivity contribution in [3.63, 3.8) is 0 Å². The largest absolute Gasteiger partial charge is 0.462 e. The highest BCUT2D eigenvalue weighted by atomic mass is 16.6. The highest BCUT2D eigenvalue weighted by Crippen LogP contribution is 2.73. The van der Waals surface area contributed by atoms with Crippen LogP contribution in [0.2, 0.25) is 0 Å². The molecule has 5 rings (SSSR count). The van der Waals surface area contributed by atoms with Gasteiger partial charge >= 0.3 is 5.97 Å². The topological polar surface area (TPSA) is 59.1 Å². The molecule has 5 fully saturated rings. The molecule has 5 aliphatic rings. The van der Waals surface area contributed by atoms with E-state index in [-0.39, 0.29) is 17.5 Å². The summed E-state index contributed by atoms with van der Waals surface area (Å²) in [6.07, 6.45) is 12.5. The minimum Gasteiger partial charge on any atom is -0.462 e. The van der Waals surface area contributed by atoms with E-state index in [0.29, 0.717) is 30.3 Å². The molecule has 11 atom stereocenters. The number of aliphatic hydroxyl groups is 1. The third-order valence-corrected chi connectivity index (χ3v) is 13.1. The molecule has 206 valence electrons. The Morgan fingerprint density at radius 2 is 1.75 bits per heavy atom. The van der Waals surface area contributed by atoms with Gasteiger partial charge in [0.1, 0.15) is 17.3 Å². The summed E-state index contributed by atoms with van der Waals surface area (Å²) in [6, 6.07) is 0. The summed E-state index contributed by atoms with van der Waals surface area (Å²) in [6.45, 7) is 16.9. The van der Waals surface area contributed by atoms with Gasteiger partial charge in [-0.2, -0.15) is 0 Å². The number of hydrogen-bond donors (Lipinski definition) is 1. The average molecular weight is 503 g/mol. The van der Waals surface area contributed by atoms with Gasteiger partial charge in [-0.3, -0.25) is 4.79 Å². The van der Waals surface area contributed by atoms with Crippen molar-refractivity contribution in [2.75, 3.05) is 6.61 Å². The molecule has 0 aromatic rings. The zero-order chi connectivity index (χ0) is 26.1. The van der Waals surface area contributed by atoms with Gasteiger partial charge in [-0.25, -0.2) is 0 Å². The van der Waals surface area contributed by atoms with Gasteiger partial charge in [-0.05, 0) is 98.2 Å². The fourth-order valence-corrected chi connectivity index (χ4v) is 10.9. The van der Waals surface area contributed by atoms with Crippen LogP contribution in [0.25, 0.3) is 0 Å². The van der Waals surface area contributed by atoms with Gasteiger partial charge in [0.05, 0.1) is 6.61 Å². The summed E-state index contributed by atoms with van der Waals surface area (Å²) in [5.41, 5.74) is -1.03. The van der Waals surface area contributed by atoms with Gasteiger partial charge in [0.15, 0.2) is 0 Å². The summed E-state index contributed by atoms with van der Waals surface area (Å²) in [4.78, 5) is 11.7. The number of hydrogen-bond acceptors (Lipinski definition) is 4. The Hall–Kier alpha value is -0.610. The first-order valence-corrected chi connectivity index (χ1v) is 15.4. The van der Waals surface area contributed by atoms with Gasteiger partial charge in [0.25, 0.3) is 0 Å². The maximum Gasteiger partial charge on any atom is 0.302 e. The lowest BCUT2D eigenvalue weighted by atomic mass is 9.40. The van der Waals surface area contributed by atoms with Crippen LogP contribution in [0.5, 0.6) is 0 Å². The van der Waals surface area contributed by atoms with E-state index in [4.69, 9.17) is 9.47 Å². The number of fused-ring (bicyclic) bond motifs is 6. The van der Waals surface area contributed by atoms with E-state index in [0.717, 1.165) is 48.9 Å². The van der Waals surface area contributed by atoms with Crippen LogP contribution in [0.3, 0.4) is 0 Å². The van der Waals surface area contributed by atoms with E-state index in [9.17, 15) is 9.90 Å². The van der Waals surface area contributed by atoms with Gasteiger partial charge in [0, 0.05) is 18.8 Å². The van der Waals surface area contributed by atoms with Crippen LogP contribution in [-0.4, -0.2) is 35.0 Å². The zero-order valence-electron chi connectivity index (χ0n) is 24.3. The van der Waals surface area contributed by atoms with Crippen LogP contribution in [0.1, 0.15) is 119 Å².